The molecule has 0 unspecified atom stereocenters. The van der Waals surface area contributed by atoms with Crippen LogP contribution in [0.25, 0.3) is 21.9 Å². The summed E-state index contributed by atoms with van der Waals surface area (Å²) in [6.45, 7) is 1.97. The summed E-state index contributed by atoms with van der Waals surface area (Å²) in [4.78, 5) is 18.3. The van der Waals surface area contributed by atoms with Crippen molar-refractivity contribution in [1.82, 2.24) is 9.97 Å². The average molecular weight is 214 g/mol. The van der Waals surface area contributed by atoms with Gasteiger partial charge in [-0.15, -0.1) is 0 Å². The third-order valence-electron chi connectivity index (χ3n) is 2.74. The minimum Gasteiger partial charge on any atom is -0.406 e. The van der Waals surface area contributed by atoms with Crippen LogP contribution in [-0.2, 0) is 6.42 Å². The lowest BCUT2D eigenvalue weighted by atomic mass is 10.1. The standard InChI is InChI=1S/C12H10N2O2/c1-2-9-8-4-3-7-5-6-13-10(7)11(8)16-12(15)14-9/h3-6,13H,2H2,1H3. The second-order valence-corrected chi connectivity index (χ2v) is 3.66. The van der Waals surface area contributed by atoms with Crippen LogP contribution in [0, 0.1) is 0 Å². The third kappa shape index (κ3) is 1.16. The molecule has 0 bridgehead atoms. The van der Waals surface area contributed by atoms with Crippen molar-refractivity contribution >= 4 is 21.9 Å². The number of nitrogens with one attached hydrogen (secondary N) is 1. The zero-order chi connectivity index (χ0) is 11.1. The fourth-order valence-electron chi connectivity index (χ4n) is 1.98. The van der Waals surface area contributed by atoms with Gasteiger partial charge in [-0.3, -0.25) is 0 Å². The number of nitrogens with zero attached hydrogens (tertiary/aromatic N) is 1. The van der Waals surface area contributed by atoms with Crippen LogP contribution in [0.5, 0.6) is 0 Å². The van der Waals surface area contributed by atoms with Crippen molar-refractivity contribution in [2.75, 3.05) is 0 Å². The Labute approximate surface area is 90.9 Å². The smallest absolute Gasteiger partial charge is 0.406 e. The van der Waals surface area contributed by atoms with Gasteiger partial charge >= 0.3 is 5.76 Å². The van der Waals surface area contributed by atoms with Gasteiger partial charge in [0.05, 0.1) is 11.2 Å². The number of fused-ring (bicyclic) bond motifs is 3. The molecule has 0 aliphatic heterocycles. The molecule has 0 saturated carbocycles. The van der Waals surface area contributed by atoms with E-state index < -0.39 is 5.76 Å². The van der Waals surface area contributed by atoms with Gasteiger partial charge in [-0.25, -0.2) is 4.79 Å². The summed E-state index contributed by atoms with van der Waals surface area (Å²) in [5, 5.41) is 1.93. The van der Waals surface area contributed by atoms with Crippen molar-refractivity contribution in [2.45, 2.75) is 13.3 Å². The molecule has 1 aromatic carbocycles. The molecule has 3 aromatic rings. The first kappa shape index (κ1) is 9.15. The minimum absolute atomic E-state index is 0.536. The second kappa shape index (κ2) is 3.20. The summed E-state index contributed by atoms with van der Waals surface area (Å²) in [5.41, 5.74) is 2.23. The summed E-state index contributed by atoms with van der Waals surface area (Å²) in [7, 11) is 0. The van der Waals surface area contributed by atoms with E-state index in [-0.39, 0.29) is 0 Å². The zero-order valence-electron chi connectivity index (χ0n) is 8.78. The van der Waals surface area contributed by atoms with Crippen LogP contribution < -0.4 is 5.76 Å². The van der Waals surface area contributed by atoms with Crippen LogP contribution in [0.15, 0.2) is 33.6 Å². The Morgan fingerprint density at radius 1 is 1.38 bits per heavy atom. The monoisotopic (exact) mass is 214 g/mol. The lowest BCUT2D eigenvalue weighted by molar-refractivity contribution is 0.529. The van der Waals surface area contributed by atoms with E-state index in [0.29, 0.717) is 12.0 Å². The van der Waals surface area contributed by atoms with Crippen LogP contribution in [0.1, 0.15) is 12.6 Å². The van der Waals surface area contributed by atoms with Crippen molar-refractivity contribution in [3.05, 3.63) is 40.6 Å². The molecule has 1 N–H and O–H groups in total. The first-order valence-corrected chi connectivity index (χ1v) is 5.19. The fourth-order valence-corrected chi connectivity index (χ4v) is 1.98. The second-order valence-electron chi connectivity index (χ2n) is 3.66. The number of aromatic nitrogens is 2. The SMILES string of the molecule is CCc1nc(=O)oc2c1ccc1cc[nH]c12. The molecule has 4 heteroatoms. The highest BCUT2D eigenvalue weighted by molar-refractivity contribution is 6.02. The quantitative estimate of drug-likeness (QED) is 0.675. The van der Waals surface area contributed by atoms with E-state index in [0.717, 1.165) is 22.0 Å². The Hall–Kier alpha value is -2.10. The summed E-state index contributed by atoms with van der Waals surface area (Å²) < 4.78 is 5.18. The molecule has 3 rings (SSSR count). The van der Waals surface area contributed by atoms with Gasteiger partial charge in [-0.05, 0) is 18.6 Å². The molecule has 0 amide bonds. The number of aromatic amines is 1. The van der Waals surface area contributed by atoms with Crippen LogP contribution >= 0.6 is 0 Å². The maximum atomic E-state index is 11.3. The first-order chi connectivity index (χ1) is 7.79. The van der Waals surface area contributed by atoms with Gasteiger partial charge in [-0.2, -0.15) is 4.98 Å². The molecular formula is C12H10N2O2. The Bertz CT molecular complexity index is 725. The minimum atomic E-state index is -0.536. The zero-order valence-corrected chi connectivity index (χ0v) is 8.78. The van der Waals surface area contributed by atoms with Gasteiger partial charge < -0.3 is 9.40 Å². The average Bonchev–Trinajstić information content (AvgIpc) is 2.76. The molecule has 0 spiro atoms. The molecule has 80 valence electrons. The van der Waals surface area contributed by atoms with Gasteiger partial charge in [0.2, 0.25) is 0 Å². The maximum absolute atomic E-state index is 11.3. The van der Waals surface area contributed by atoms with E-state index in [4.69, 9.17) is 4.42 Å². The third-order valence-corrected chi connectivity index (χ3v) is 2.74. The van der Waals surface area contributed by atoms with Gasteiger partial charge in [-0.1, -0.05) is 13.0 Å². The molecule has 0 aliphatic carbocycles. The van der Waals surface area contributed by atoms with Crippen LogP contribution in [0.2, 0.25) is 0 Å². The molecular weight excluding hydrogens is 204 g/mol. The predicted molar refractivity (Wildman–Crippen MR) is 61.5 cm³/mol. The van der Waals surface area contributed by atoms with Crippen molar-refractivity contribution < 1.29 is 4.42 Å². The molecule has 0 radical (unpaired) electrons. The van der Waals surface area contributed by atoms with Crippen LogP contribution in [0.4, 0.5) is 0 Å². The van der Waals surface area contributed by atoms with Crippen molar-refractivity contribution in [1.29, 1.82) is 0 Å². The van der Waals surface area contributed by atoms with Gasteiger partial charge in [0.15, 0.2) is 5.58 Å². The lowest BCUT2D eigenvalue weighted by Gasteiger charge is -2.02. The first-order valence-electron chi connectivity index (χ1n) is 5.19. The van der Waals surface area contributed by atoms with Gasteiger partial charge in [0, 0.05) is 17.0 Å². The predicted octanol–water partition coefficient (Wildman–Crippen LogP) is 2.23. The number of aryl methyl sites for hydroxylation is 1. The van der Waals surface area contributed by atoms with E-state index >= 15 is 0 Å². The Kier molecular flexibility index (Phi) is 1.83. The highest BCUT2D eigenvalue weighted by Gasteiger charge is 2.09. The normalized spacial score (nSPS) is 11.3. The number of H-pyrrole nitrogens is 1. The van der Waals surface area contributed by atoms with E-state index in [1.54, 1.807) is 0 Å². The number of benzene rings is 1. The highest BCUT2D eigenvalue weighted by atomic mass is 16.4. The summed E-state index contributed by atoms with van der Waals surface area (Å²) >= 11 is 0. The van der Waals surface area contributed by atoms with Crippen molar-refractivity contribution in [3.63, 3.8) is 0 Å². The molecule has 16 heavy (non-hydrogen) atoms. The Morgan fingerprint density at radius 3 is 3.06 bits per heavy atom. The Balaban J connectivity index is 2.59. The van der Waals surface area contributed by atoms with E-state index in [1.165, 1.54) is 0 Å². The number of rotatable bonds is 1. The highest BCUT2D eigenvalue weighted by Crippen LogP contribution is 2.24. The van der Waals surface area contributed by atoms with Crippen molar-refractivity contribution in [2.24, 2.45) is 0 Å². The largest absolute Gasteiger partial charge is 0.439 e. The summed E-state index contributed by atoms with van der Waals surface area (Å²) in [5.74, 6) is -0.536. The topological polar surface area (TPSA) is 58.9 Å². The molecule has 2 heterocycles. The molecule has 0 atom stereocenters. The van der Waals surface area contributed by atoms with Gasteiger partial charge in [0.25, 0.3) is 0 Å². The number of hydrogen-bond acceptors (Lipinski definition) is 3. The van der Waals surface area contributed by atoms with E-state index in [1.807, 2.05) is 31.3 Å². The summed E-state index contributed by atoms with van der Waals surface area (Å²) in [6.07, 6.45) is 2.55. The van der Waals surface area contributed by atoms with Crippen LogP contribution in [0.3, 0.4) is 0 Å². The molecule has 2 aromatic heterocycles. The van der Waals surface area contributed by atoms with Gasteiger partial charge in [0.1, 0.15) is 0 Å². The summed E-state index contributed by atoms with van der Waals surface area (Å²) in [6, 6.07) is 5.89. The van der Waals surface area contributed by atoms with E-state index in [9.17, 15) is 4.79 Å². The molecule has 0 fully saturated rings. The Morgan fingerprint density at radius 2 is 2.25 bits per heavy atom. The van der Waals surface area contributed by atoms with E-state index in [2.05, 4.69) is 9.97 Å². The van der Waals surface area contributed by atoms with Crippen LogP contribution in [-0.4, -0.2) is 9.97 Å². The number of hydrogen-bond donors (Lipinski definition) is 1. The molecule has 4 nitrogen and oxygen atoms in total. The van der Waals surface area contributed by atoms with Crippen molar-refractivity contribution in [3.8, 4) is 0 Å². The maximum Gasteiger partial charge on any atom is 0.439 e. The molecule has 0 aliphatic rings. The lowest BCUT2D eigenvalue weighted by Crippen LogP contribution is -2.07. The molecule has 0 saturated heterocycles. The fraction of sp³-hybridized carbons (Fsp3) is 0.167.